The molecule has 1 rings (SSSR count). The van der Waals surface area contributed by atoms with E-state index in [1.54, 1.807) is 0 Å². The predicted octanol–water partition coefficient (Wildman–Crippen LogP) is 2.29. The lowest BCUT2D eigenvalue weighted by atomic mass is 10.2. The summed E-state index contributed by atoms with van der Waals surface area (Å²) in [5.74, 6) is -1.42. The van der Waals surface area contributed by atoms with Crippen LogP contribution in [0.4, 0.5) is 5.69 Å². The highest BCUT2D eigenvalue weighted by Crippen LogP contribution is 2.30. The Labute approximate surface area is 98.4 Å². The van der Waals surface area contributed by atoms with Gasteiger partial charge in [0.25, 0.3) is 0 Å². The number of nitro groups is 1. The third-order valence-electron chi connectivity index (χ3n) is 1.52. The van der Waals surface area contributed by atoms with Crippen LogP contribution in [-0.2, 0) is 0 Å². The van der Waals surface area contributed by atoms with E-state index in [1.807, 2.05) is 0 Å². The number of aromatic carboxylic acids is 1. The van der Waals surface area contributed by atoms with E-state index in [9.17, 15) is 14.9 Å². The van der Waals surface area contributed by atoms with Gasteiger partial charge in [-0.1, -0.05) is 23.8 Å². The smallest absolute Gasteiger partial charge is 0.340 e. The first-order valence-electron chi connectivity index (χ1n) is 3.38. The highest BCUT2D eigenvalue weighted by atomic mass is 35.5. The van der Waals surface area contributed by atoms with E-state index in [4.69, 9.17) is 16.7 Å². The van der Waals surface area contributed by atoms with E-state index < -0.39 is 22.1 Å². The lowest BCUT2D eigenvalue weighted by Gasteiger charge is -2.03. The molecule has 15 heavy (non-hydrogen) atoms. The first-order valence-corrected chi connectivity index (χ1v) is 4.62. The first-order chi connectivity index (χ1) is 6.86. The Hall–Kier alpha value is -1.12. The van der Waals surface area contributed by atoms with Crippen LogP contribution in [0.1, 0.15) is 10.4 Å². The molecule has 0 aliphatic carbocycles. The molecular formula is C6H3ClN2O4S2. The van der Waals surface area contributed by atoms with Crippen LogP contribution >= 0.6 is 36.4 Å². The Balaban J connectivity index is 3.72. The van der Waals surface area contributed by atoms with Crippen LogP contribution in [0.5, 0.6) is 0 Å². The number of nitrogens with one attached hydrogen (secondary N) is 1. The van der Waals surface area contributed by atoms with E-state index in [1.165, 1.54) is 0 Å². The summed E-state index contributed by atoms with van der Waals surface area (Å²) >= 11 is 13.9. The molecule has 9 heteroatoms. The van der Waals surface area contributed by atoms with Crippen molar-refractivity contribution in [1.82, 2.24) is 4.98 Å². The average Bonchev–Trinajstić information content (AvgIpc) is 1.99. The molecule has 0 aliphatic heterocycles. The van der Waals surface area contributed by atoms with E-state index in [0.717, 1.165) is 0 Å². The Morgan fingerprint density at radius 3 is 2.60 bits per heavy atom. The minimum atomic E-state index is -1.42. The van der Waals surface area contributed by atoms with Crippen LogP contribution in [0.15, 0.2) is 4.90 Å². The average molecular weight is 267 g/mol. The fourth-order valence-electron chi connectivity index (χ4n) is 0.916. The third-order valence-corrected chi connectivity index (χ3v) is 2.53. The SMILES string of the molecule is O=C(O)c1c(Cl)[nH]c(=S)c([N+](=O)[O-])c1S. The Bertz CT molecular complexity index is 513. The van der Waals surface area contributed by atoms with Gasteiger partial charge >= 0.3 is 11.7 Å². The lowest BCUT2D eigenvalue weighted by Crippen LogP contribution is -2.04. The number of nitrogens with zero attached hydrogens (tertiary/aromatic N) is 1. The molecule has 1 aromatic rings. The number of aromatic nitrogens is 1. The van der Waals surface area contributed by atoms with Crippen LogP contribution < -0.4 is 0 Å². The van der Waals surface area contributed by atoms with Crippen molar-refractivity contribution in [3.8, 4) is 0 Å². The number of thiol groups is 1. The summed E-state index contributed by atoms with van der Waals surface area (Å²) in [5.41, 5.74) is -1.05. The van der Waals surface area contributed by atoms with E-state index in [0.29, 0.717) is 0 Å². The van der Waals surface area contributed by atoms with Crippen molar-refractivity contribution in [3.05, 3.63) is 25.5 Å². The molecule has 0 radical (unpaired) electrons. The van der Waals surface area contributed by atoms with Crippen molar-refractivity contribution in [2.75, 3.05) is 0 Å². The number of carboxylic acid groups (broad SMARTS) is 1. The minimum Gasteiger partial charge on any atom is -0.478 e. The number of hydrogen-bond acceptors (Lipinski definition) is 5. The van der Waals surface area contributed by atoms with Gasteiger partial charge in [0.2, 0.25) is 0 Å². The number of pyridine rings is 1. The summed E-state index contributed by atoms with van der Waals surface area (Å²) in [6.45, 7) is 0. The molecule has 0 unspecified atom stereocenters. The highest BCUT2D eigenvalue weighted by Gasteiger charge is 2.24. The van der Waals surface area contributed by atoms with Crippen LogP contribution in [0.25, 0.3) is 0 Å². The molecule has 1 heterocycles. The molecule has 0 spiro atoms. The number of aromatic amines is 1. The molecule has 2 N–H and O–H groups in total. The normalized spacial score (nSPS) is 10.0. The summed E-state index contributed by atoms with van der Waals surface area (Å²) in [6.07, 6.45) is 0. The van der Waals surface area contributed by atoms with Crippen LogP contribution in [0.3, 0.4) is 0 Å². The van der Waals surface area contributed by atoms with Gasteiger partial charge in [0.1, 0.15) is 15.6 Å². The monoisotopic (exact) mass is 266 g/mol. The molecule has 6 nitrogen and oxygen atoms in total. The van der Waals surface area contributed by atoms with E-state index >= 15 is 0 Å². The summed E-state index contributed by atoms with van der Waals surface area (Å²) in [7, 11) is 0. The molecule has 0 bridgehead atoms. The van der Waals surface area contributed by atoms with Crippen molar-refractivity contribution < 1.29 is 14.8 Å². The summed E-state index contributed by atoms with van der Waals surface area (Å²) in [4.78, 5) is 22.3. The molecular weight excluding hydrogens is 264 g/mol. The second-order valence-electron chi connectivity index (χ2n) is 2.40. The Morgan fingerprint density at radius 2 is 2.20 bits per heavy atom. The molecule has 0 saturated heterocycles. The molecule has 0 amide bonds. The third kappa shape index (κ3) is 2.11. The lowest BCUT2D eigenvalue weighted by molar-refractivity contribution is -0.388. The van der Waals surface area contributed by atoms with Gasteiger partial charge < -0.3 is 10.1 Å². The van der Waals surface area contributed by atoms with Gasteiger partial charge in [-0.05, 0) is 0 Å². The van der Waals surface area contributed by atoms with Crippen LogP contribution in [-0.4, -0.2) is 21.0 Å². The number of carbonyl (C=O) groups is 1. The van der Waals surface area contributed by atoms with Gasteiger partial charge in [0.15, 0.2) is 4.64 Å². The van der Waals surface area contributed by atoms with Crippen LogP contribution in [0.2, 0.25) is 5.15 Å². The molecule has 0 aliphatic rings. The number of H-pyrrole nitrogens is 1. The van der Waals surface area contributed by atoms with Gasteiger partial charge in [-0.15, -0.1) is 12.6 Å². The maximum absolute atomic E-state index is 10.7. The standard InChI is InChI=1S/C6H3ClN2O4S2/c7-4-1(6(10)11)3(14)2(9(12)13)5(15)8-4/h(H,10,11)(H2,8,14,15). The van der Waals surface area contributed by atoms with E-state index in [-0.39, 0.29) is 14.7 Å². The summed E-state index contributed by atoms with van der Waals surface area (Å²) in [5, 5.41) is 19.0. The van der Waals surface area contributed by atoms with Crippen molar-refractivity contribution in [2.24, 2.45) is 0 Å². The molecule has 0 atom stereocenters. The van der Waals surface area contributed by atoms with Gasteiger partial charge in [-0.25, -0.2) is 4.79 Å². The van der Waals surface area contributed by atoms with Gasteiger partial charge in [0.05, 0.1) is 4.92 Å². The molecule has 0 saturated carbocycles. The summed E-state index contributed by atoms with van der Waals surface area (Å²) < 4.78 is -0.264. The quantitative estimate of drug-likeness (QED) is 0.251. The maximum atomic E-state index is 10.7. The maximum Gasteiger partial charge on any atom is 0.340 e. The number of rotatable bonds is 2. The number of halogens is 1. The highest BCUT2D eigenvalue weighted by molar-refractivity contribution is 7.80. The second kappa shape index (κ2) is 4.17. The minimum absolute atomic E-state index is 0.264. The van der Waals surface area contributed by atoms with Gasteiger partial charge in [-0.3, -0.25) is 10.1 Å². The van der Waals surface area contributed by atoms with Crippen molar-refractivity contribution in [1.29, 1.82) is 0 Å². The zero-order chi connectivity index (χ0) is 11.7. The fourth-order valence-corrected chi connectivity index (χ4v) is 2.06. The molecule has 80 valence electrons. The molecule has 0 fully saturated rings. The zero-order valence-electron chi connectivity index (χ0n) is 6.85. The van der Waals surface area contributed by atoms with Crippen LogP contribution in [0, 0.1) is 14.8 Å². The van der Waals surface area contributed by atoms with Gasteiger partial charge in [-0.2, -0.15) is 0 Å². The molecule has 0 aromatic carbocycles. The Kier molecular flexibility index (Phi) is 3.32. The zero-order valence-corrected chi connectivity index (χ0v) is 9.32. The molecule has 1 aromatic heterocycles. The predicted molar refractivity (Wildman–Crippen MR) is 57.5 cm³/mol. The van der Waals surface area contributed by atoms with E-state index in [2.05, 4.69) is 29.8 Å². The van der Waals surface area contributed by atoms with Crippen molar-refractivity contribution >= 4 is 48.1 Å². The fraction of sp³-hybridized carbons (Fsp3) is 0. The largest absolute Gasteiger partial charge is 0.478 e. The topological polar surface area (TPSA) is 96.2 Å². The summed E-state index contributed by atoms with van der Waals surface area (Å²) in [6, 6.07) is 0. The van der Waals surface area contributed by atoms with Crippen molar-refractivity contribution in [2.45, 2.75) is 4.90 Å². The Morgan fingerprint density at radius 1 is 1.67 bits per heavy atom. The van der Waals surface area contributed by atoms with Crippen molar-refractivity contribution in [3.63, 3.8) is 0 Å². The first kappa shape index (κ1) is 12.0. The number of hydrogen-bond donors (Lipinski definition) is 3. The second-order valence-corrected chi connectivity index (χ2v) is 3.64. The van der Waals surface area contributed by atoms with Gasteiger partial charge in [0, 0.05) is 0 Å². The number of carboxylic acids is 1.